The lowest BCUT2D eigenvalue weighted by Gasteiger charge is -2.22. The van der Waals surface area contributed by atoms with Crippen molar-refractivity contribution in [3.05, 3.63) is 94.9 Å². The number of benzene rings is 3. The standard InChI is InChI=1S/C26H20F3N3O2S/c1-15(33)23(16-5-3-2-4-6-16)30-25(34)17-7-12-22-20(13-17)21-14-35-31-24(21)32(22)19-10-8-18(9-11-19)26(27,28)29/h2-15,23,33H,1H3,(H,30,34)/t15-,23-/m0/s1. The average Bonchev–Trinajstić information content (AvgIpc) is 3.43. The van der Waals surface area contributed by atoms with Gasteiger partial charge in [-0.1, -0.05) is 30.3 Å². The number of carbonyl (C=O) groups is 1. The van der Waals surface area contributed by atoms with Gasteiger partial charge in [-0.25, -0.2) is 0 Å². The highest BCUT2D eigenvalue weighted by Crippen LogP contribution is 2.35. The van der Waals surface area contributed by atoms with Gasteiger partial charge in [0.15, 0.2) is 5.65 Å². The molecule has 0 aliphatic carbocycles. The Morgan fingerprint density at radius 1 is 1.03 bits per heavy atom. The normalized spacial score (nSPS) is 13.7. The summed E-state index contributed by atoms with van der Waals surface area (Å²) in [6.45, 7) is 1.62. The number of amides is 1. The van der Waals surface area contributed by atoms with Crippen molar-refractivity contribution in [1.29, 1.82) is 0 Å². The van der Waals surface area contributed by atoms with Gasteiger partial charge in [-0.05, 0) is 66.5 Å². The minimum atomic E-state index is -4.42. The van der Waals surface area contributed by atoms with Crippen LogP contribution in [0, 0.1) is 0 Å². The minimum Gasteiger partial charge on any atom is -0.391 e. The molecule has 0 aliphatic rings. The van der Waals surface area contributed by atoms with Crippen molar-refractivity contribution >= 4 is 39.4 Å². The lowest BCUT2D eigenvalue weighted by atomic mass is 10.0. The van der Waals surface area contributed by atoms with Gasteiger partial charge in [-0.2, -0.15) is 17.5 Å². The van der Waals surface area contributed by atoms with E-state index in [0.29, 0.717) is 16.9 Å². The zero-order valence-corrected chi connectivity index (χ0v) is 19.3. The first-order valence-corrected chi connectivity index (χ1v) is 11.7. The van der Waals surface area contributed by atoms with Gasteiger partial charge < -0.3 is 10.4 Å². The second kappa shape index (κ2) is 8.83. The van der Waals surface area contributed by atoms with Gasteiger partial charge >= 0.3 is 6.18 Å². The molecule has 2 atom stereocenters. The second-order valence-electron chi connectivity index (χ2n) is 8.27. The number of hydrogen-bond donors (Lipinski definition) is 2. The number of halogens is 3. The molecule has 178 valence electrons. The zero-order chi connectivity index (χ0) is 24.7. The molecule has 0 bridgehead atoms. The number of hydrogen-bond acceptors (Lipinski definition) is 4. The summed E-state index contributed by atoms with van der Waals surface area (Å²) in [6.07, 6.45) is -5.22. The smallest absolute Gasteiger partial charge is 0.391 e. The lowest BCUT2D eigenvalue weighted by molar-refractivity contribution is -0.137. The molecule has 9 heteroatoms. The van der Waals surface area contributed by atoms with E-state index in [9.17, 15) is 23.1 Å². The predicted molar refractivity (Wildman–Crippen MR) is 130 cm³/mol. The summed E-state index contributed by atoms with van der Waals surface area (Å²) < 4.78 is 45.3. The van der Waals surface area contributed by atoms with E-state index in [2.05, 4.69) is 9.69 Å². The molecule has 0 saturated carbocycles. The second-order valence-corrected chi connectivity index (χ2v) is 8.90. The summed E-state index contributed by atoms with van der Waals surface area (Å²) in [7, 11) is 0. The van der Waals surface area contributed by atoms with Gasteiger partial charge in [0, 0.05) is 27.4 Å². The van der Waals surface area contributed by atoms with Crippen LogP contribution in [0.5, 0.6) is 0 Å². The van der Waals surface area contributed by atoms with Gasteiger partial charge in [-0.3, -0.25) is 9.36 Å². The molecule has 0 saturated heterocycles. The summed E-state index contributed by atoms with van der Waals surface area (Å²) in [4.78, 5) is 13.1. The lowest BCUT2D eigenvalue weighted by Crippen LogP contribution is -2.35. The SMILES string of the molecule is C[C@H](O)[C@H](NC(=O)c1ccc2c(c1)c1csnc1n2-c1ccc(C(F)(F)F)cc1)c1ccccc1. The van der Waals surface area contributed by atoms with Crippen molar-refractivity contribution in [2.24, 2.45) is 0 Å². The number of aliphatic hydroxyl groups is 1. The molecule has 35 heavy (non-hydrogen) atoms. The van der Waals surface area contributed by atoms with E-state index in [4.69, 9.17) is 0 Å². The molecule has 0 aliphatic heterocycles. The molecule has 5 rings (SSSR count). The van der Waals surface area contributed by atoms with E-state index in [0.717, 1.165) is 34.0 Å². The average molecular weight is 496 g/mol. The fourth-order valence-electron chi connectivity index (χ4n) is 4.21. The van der Waals surface area contributed by atoms with E-state index in [1.165, 1.54) is 23.7 Å². The molecule has 0 radical (unpaired) electrons. The van der Waals surface area contributed by atoms with E-state index in [1.54, 1.807) is 29.7 Å². The summed E-state index contributed by atoms with van der Waals surface area (Å²) >= 11 is 1.23. The van der Waals surface area contributed by atoms with Crippen molar-refractivity contribution in [3.8, 4) is 5.69 Å². The van der Waals surface area contributed by atoms with E-state index >= 15 is 0 Å². The zero-order valence-electron chi connectivity index (χ0n) is 18.5. The van der Waals surface area contributed by atoms with Crippen LogP contribution in [0.2, 0.25) is 0 Å². The van der Waals surface area contributed by atoms with Crippen LogP contribution in [-0.2, 0) is 6.18 Å². The number of alkyl halides is 3. The van der Waals surface area contributed by atoms with Gasteiger partial charge in [0.05, 0.1) is 23.2 Å². The molecule has 0 spiro atoms. The third kappa shape index (κ3) is 4.28. The van der Waals surface area contributed by atoms with Crippen LogP contribution < -0.4 is 5.32 Å². The topological polar surface area (TPSA) is 67.2 Å². The molecule has 0 unspecified atom stereocenters. The first-order valence-electron chi connectivity index (χ1n) is 10.8. The van der Waals surface area contributed by atoms with Crippen LogP contribution in [0.1, 0.15) is 34.5 Å². The molecule has 1 amide bonds. The first-order chi connectivity index (χ1) is 16.7. The Bertz CT molecular complexity index is 1510. The summed E-state index contributed by atoms with van der Waals surface area (Å²) in [5.74, 6) is -0.347. The Morgan fingerprint density at radius 2 is 1.74 bits per heavy atom. The third-order valence-electron chi connectivity index (χ3n) is 5.93. The highest BCUT2D eigenvalue weighted by Gasteiger charge is 2.30. The molecule has 5 nitrogen and oxygen atoms in total. The van der Waals surface area contributed by atoms with Gasteiger partial charge in [0.25, 0.3) is 5.91 Å². The molecular weight excluding hydrogens is 475 g/mol. The Kier molecular flexibility index (Phi) is 5.82. The Morgan fingerprint density at radius 3 is 2.40 bits per heavy atom. The van der Waals surface area contributed by atoms with Crippen molar-refractivity contribution in [3.63, 3.8) is 0 Å². The van der Waals surface area contributed by atoms with Gasteiger partial charge in [0.2, 0.25) is 0 Å². The Balaban J connectivity index is 1.53. The molecule has 2 heterocycles. The maximum absolute atomic E-state index is 13.1. The Labute approximate surface area is 202 Å². The van der Waals surface area contributed by atoms with E-state index in [-0.39, 0.29) is 5.91 Å². The van der Waals surface area contributed by atoms with Crippen molar-refractivity contribution in [2.45, 2.75) is 25.2 Å². The fourth-order valence-corrected chi connectivity index (χ4v) is 4.88. The minimum absolute atomic E-state index is 0.347. The van der Waals surface area contributed by atoms with Crippen molar-refractivity contribution in [2.75, 3.05) is 0 Å². The van der Waals surface area contributed by atoms with Gasteiger partial charge in [0.1, 0.15) is 0 Å². The first kappa shape index (κ1) is 23.1. The summed E-state index contributed by atoms with van der Waals surface area (Å²) in [5.41, 5.74) is 2.33. The highest BCUT2D eigenvalue weighted by molar-refractivity contribution is 7.05. The number of carbonyl (C=O) groups excluding carboxylic acids is 1. The van der Waals surface area contributed by atoms with Crippen LogP contribution in [0.3, 0.4) is 0 Å². The number of nitrogens with one attached hydrogen (secondary N) is 1. The van der Waals surface area contributed by atoms with E-state index in [1.807, 2.05) is 35.7 Å². The molecular formula is C26H20F3N3O2S. The number of aromatic nitrogens is 2. The highest BCUT2D eigenvalue weighted by atomic mass is 32.1. The molecule has 5 aromatic rings. The Hall–Kier alpha value is -3.69. The number of nitrogens with zero attached hydrogens (tertiary/aromatic N) is 2. The van der Waals surface area contributed by atoms with Crippen LogP contribution >= 0.6 is 11.5 Å². The molecule has 2 N–H and O–H groups in total. The quantitative estimate of drug-likeness (QED) is 0.309. The predicted octanol–water partition coefficient (Wildman–Crippen LogP) is 6.11. The maximum Gasteiger partial charge on any atom is 0.416 e. The van der Waals surface area contributed by atoms with Gasteiger partial charge in [-0.15, -0.1) is 0 Å². The summed E-state index contributed by atoms with van der Waals surface area (Å²) in [5, 5.41) is 16.6. The largest absolute Gasteiger partial charge is 0.416 e. The molecule has 3 aromatic carbocycles. The monoisotopic (exact) mass is 495 g/mol. The van der Waals surface area contributed by atoms with Crippen molar-refractivity contribution in [1.82, 2.24) is 14.3 Å². The van der Waals surface area contributed by atoms with Crippen molar-refractivity contribution < 1.29 is 23.1 Å². The number of aliphatic hydroxyl groups excluding tert-OH is 1. The van der Waals surface area contributed by atoms with Crippen LogP contribution in [0.25, 0.3) is 27.6 Å². The number of rotatable bonds is 5. The maximum atomic E-state index is 13.1. The van der Waals surface area contributed by atoms with Crippen LogP contribution in [0.4, 0.5) is 13.2 Å². The molecule has 0 fully saturated rings. The van der Waals surface area contributed by atoms with E-state index < -0.39 is 23.9 Å². The third-order valence-corrected chi connectivity index (χ3v) is 6.55. The summed E-state index contributed by atoms with van der Waals surface area (Å²) in [6, 6.07) is 18.7. The fraction of sp³-hybridized carbons (Fsp3) is 0.154. The number of fused-ring (bicyclic) bond motifs is 3. The van der Waals surface area contributed by atoms with Crippen LogP contribution in [0.15, 0.2) is 78.2 Å². The molecule has 2 aromatic heterocycles. The van der Waals surface area contributed by atoms with Crippen LogP contribution in [-0.4, -0.2) is 26.1 Å².